The number of rotatable bonds is 4. The Morgan fingerprint density at radius 3 is 2.67 bits per heavy atom. The van der Waals surface area contributed by atoms with Gasteiger partial charge in [-0.2, -0.15) is 0 Å². The van der Waals surface area contributed by atoms with Crippen LogP contribution in [0, 0.1) is 0 Å². The average Bonchev–Trinajstić information content (AvgIpc) is 3.25. The molecule has 2 aromatic carbocycles. The Morgan fingerprint density at radius 2 is 1.88 bits per heavy atom. The zero-order valence-electron chi connectivity index (χ0n) is 12.6. The van der Waals surface area contributed by atoms with Crippen molar-refractivity contribution >= 4 is 22.6 Å². The summed E-state index contributed by atoms with van der Waals surface area (Å²) < 4.78 is 3.36. The number of anilines is 1. The van der Waals surface area contributed by atoms with Crippen LogP contribution in [-0.2, 0) is 11.3 Å². The topological polar surface area (TPSA) is 90.5 Å². The van der Waals surface area contributed by atoms with E-state index in [9.17, 15) is 4.79 Å². The Bertz CT molecular complexity index is 973. The van der Waals surface area contributed by atoms with Crippen LogP contribution in [0.25, 0.3) is 16.7 Å². The van der Waals surface area contributed by atoms with Crippen molar-refractivity contribution in [1.82, 2.24) is 29.8 Å². The molecule has 4 rings (SSSR count). The smallest absolute Gasteiger partial charge is 0.246 e. The van der Waals surface area contributed by atoms with Crippen molar-refractivity contribution in [3.05, 3.63) is 61.2 Å². The van der Waals surface area contributed by atoms with Crippen LogP contribution in [0.15, 0.2) is 61.2 Å². The number of hydrogen-bond donors (Lipinski definition) is 1. The van der Waals surface area contributed by atoms with Crippen LogP contribution < -0.4 is 5.32 Å². The van der Waals surface area contributed by atoms with Gasteiger partial charge in [-0.25, -0.2) is 9.67 Å². The van der Waals surface area contributed by atoms with E-state index in [4.69, 9.17) is 0 Å². The van der Waals surface area contributed by atoms with Gasteiger partial charge in [0.2, 0.25) is 5.91 Å². The number of benzene rings is 2. The highest BCUT2D eigenvalue weighted by Gasteiger charge is 2.06. The Labute approximate surface area is 136 Å². The van der Waals surface area contributed by atoms with Crippen molar-refractivity contribution in [2.75, 3.05) is 5.32 Å². The van der Waals surface area contributed by atoms with Crippen molar-refractivity contribution in [1.29, 1.82) is 0 Å². The van der Waals surface area contributed by atoms with Gasteiger partial charge in [0.05, 0.1) is 11.0 Å². The molecule has 2 heterocycles. The van der Waals surface area contributed by atoms with Gasteiger partial charge in [0, 0.05) is 11.4 Å². The zero-order valence-corrected chi connectivity index (χ0v) is 12.6. The lowest BCUT2D eigenvalue weighted by atomic mass is 10.2. The maximum absolute atomic E-state index is 11.9. The summed E-state index contributed by atoms with van der Waals surface area (Å²) in [5.41, 5.74) is 3.66. The zero-order chi connectivity index (χ0) is 16.4. The fourth-order valence-electron chi connectivity index (χ4n) is 2.47. The van der Waals surface area contributed by atoms with Crippen molar-refractivity contribution in [2.45, 2.75) is 6.54 Å². The molecule has 0 radical (unpaired) electrons. The number of nitrogens with zero attached hydrogens (tertiary/aromatic N) is 6. The maximum atomic E-state index is 11.9. The number of para-hydroxylation sites is 2. The molecule has 0 aliphatic heterocycles. The van der Waals surface area contributed by atoms with Gasteiger partial charge < -0.3 is 5.32 Å². The first kappa shape index (κ1) is 14.1. The Hall–Kier alpha value is -3.55. The van der Waals surface area contributed by atoms with Crippen molar-refractivity contribution in [3.8, 4) is 5.69 Å². The van der Waals surface area contributed by atoms with Gasteiger partial charge in [0.25, 0.3) is 0 Å². The van der Waals surface area contributed by atoms with Crippen LogP contribution >= 0.6 is 0 Å². The fraction of sp³-hybridized carbons (Fsp3) is 0.0625. The quantitative estimate of drug-likeness (QED) is 0.617. The number of carbonyl (C=O) groups excluding carboxylic acids is 1. The number of amides is 1. The molecule has 0 unspecified atom stereocenters. The number of fused-ring (bicyclic) bond motifs is 1. The molecular weight excluding hydrogens is 306 g/mol. The minimum atomic E-state index is -0.192. The second kappa shape index (κ2) is 5.92. The van der Waals surface area contributed by atoms with Gasteiger partial charge in [0.15, 0.2) is 0 Å². The van der Waals surface area contributed by atoms with Crippen LogP contribution in [0.5, 0.6) is 0 Å². The third-order valence-electron chi connectivity index (χ3n) is 3.58. The lowest BCUT2D eigenvalue weighted by Crippen LogP contribution is -2.19. The summed E-state index contributed by atoms with van der Waals surface area (Å²) in [5.74, 6) is -0.192. The molecule has 2 aromatic heterocycles. The van der Waals surface area contributed by atoms with E-state index in [0.29, 0.717) is 5.69 Å². The highest BCUT2D eigenvalue weighted by Crippen LogP contribution is 2.19. The molecule has 118 valence electrons. The van der Waals surface area contributed by atoms with Gasteiger partial charge in [-0.3, -0.25) is 9.36 Å². The highest BCUT2D eigenvalue weighted by molar-refractivity contribution is 5.90. The molecule has 8 heteroatoms. The minimum Gasteiger partial charge on any atom is -0.324 e. The van der Waals surface area contributed by atoms with Gasteiger partial charge in [0.1, 0.15) is 19.2 Å². The van der Waals surface area contributed by atoms with E-state index < -0.39 is 0 Å². The molecule has 8 nitrogen and oxygen atoms in total. The van der Waals surface area contributed by atoms with Crippen LogP contribution in [0.4, 0.5) is 5.69 Å². The van der Waals surface area contributed by atoms with Crippen molar-refractivity contribution in [3.63, 3.8) is 0 Å². The average molecular weight is 319 g/mol. The van der Waals surface area contributed by atoms with Gasteiger partial charge in [-0.1, -0.05) is 12.1 Å². The van der Waals surface area contributed by atoms with Crippen LogP contribution in [0.1, 0.15) is 0 Å². The van der Waals surface area contributed by atoms with E-state index >= 15 is 0 Å². The summed E-state index contributed by atoms with van der Waals surface area (Å²) in [5, 5.41) is 13.5. The first-order chi connectivity index (χ1) is 11.8. The normalized spacial score (nSPS) is 10.8. The van der Waals surface area contributed by atoms with Crippen molar-refractivity contribution < 1.29 is 4.79 Å². The molecule has 0 bridgehead atoms. The van der Waals surface area contributed by atoms with Crippen molar-refractivity contribution in [2.24, 2.45) is 0 Å². The number of hydrogen-bond acceptors (Lipinski definition) is 5. The van der Waals surface area contributed by atoms with E-state index in [1.807, 2.05) is 53.1 Å². The van der Waals surface area contributed by atoms with Crippen LogP contribution in [-0.4, -0.2) is 35.7 Å². The molecule has 24 heavy (non-hydrogen) atoms. The van der Waals surface area contributed by atoms with E-state index in [0.717, 1.165) is 16.7 Å². The number of carbonyl (C=O) groups is 1. The van der Waals surface area contributed by atoms with E-state index in [1.165, 1.54) is 11.0 Å². The molecule has 0 aliphatic carbocycles. The van der Waals surface area contributed by atoms with E-state index in [1.54, 1.807) is 6.33 Å². The van der Waals surface area contributed by atoms with Crippen LogP contribution in [0.2, 0.25) is 0 Å². The molecule has 1 N–H and O–H groups in total. The Kier molecular flexibility index (Phi) is 3.47. The second-order valence-electron chi connectivity index (χ2n) is 5.21. The van der Waals surface area contributed by atoms with Gasteiger partial charge in [-0.15, -0.1) is 5.10 Å². The summed E-state index contributed by atoms with van der Waals surface area (Å²) in [6, 6.07) is 15.5. The number of nitrogens with one attached hydrogen (secondary N) is 1. The van der Waals surface area contributed by atoms with Crippen LogP contribution in [0.3, 0.4) is 0 Å². The third kappa shape index (κ3) is 2.72. The van der Waals surface area contributed by atoms with E-state index in [-0.39, 0.29) is 12.5 Å². The monoisotopic (exact) mass is 319 g/mol. The summed E-state index contributed by atoms with van der Waals surface area (Å²) in [7, 11) is 0. The molecule has 0 aliphatic rings. The first-order valence-corrected chi connectivity index (χ1v) is 7.33. The standard InChI is InChI=1S/C16H13N7O/c24-16(9-22-11-18-20-21-22)19-12-5-7-13(8-6-12)23-10-17-14-3-1-2-4-15(14)23/h1-8,10-11H,9H2,(H,19,24). The summed E-state index contributed by atoms with van der Waals surface area (Å²) >= 11 is 0. The summed E-state index contributed by atoms with van der Waals surface area (Å²) in [4.78, 5) is 16.3. The molecule has 0 atom stereocenters. The molecule has 0 fully saturated rings. The predicted octanol–water partition coefficient (Wildman–Crippen LogP) is 1.65. The molecule has 4 aromatic rings. The molecule has 0 saturated heterocycles. The Morgan fingerprint density at radius 1 is 1.04 bits per heavy atom. The minimum absolute atomic E-state index is 0.0703. The first-order valence-electron chi connectivity index (χ1n) is 7.33. The number of tetrazole rings is 1. The second-order valence-corrected chi connectivity index (χ2v) is 5.21. The SMILES string of the molecule is O=C(Cn1cnnn1)Nc1ccc(-n2cnc3ccccc32)cc1. The molecular formula is C16H13N7O. The lowest BCUT2D eigenvalue weighted by molar-refractivity contribution is -0.116. The van der Waals surface area contributed by atoms with Gasteiger partial charge in [-0.05, 0) is 46.8 Å². The largest absolute Gasteiger partial charge is 0.324 e. The molecule has 0 saturated carbocycles. The fourth-order valence-corrected chi connectivity index (χ4v) is 2.47. The molecule has 1 amide bonds. The predicted molar refractivity (Wildman–Crippen MR) is 87.5 cm³/mol. The Balaban J connectivity index is 1.51. The lowest BCUT2D eigenvalue weighted by Gasteiger charge is -2.07. The number of imidazole rings is 1. The molecule has 0 spiro atoms. The summed E-state index contributed by atoms with van der Waals surface area (Å²) in [6.45, 7) is 0.0703. The third-order valence-corrected chi connectivity index (χ3v) is 3.58. The van der Waals surface area contributed by atoms with E-state index in [2.05, 4.69) is 25.8 Å². The number of aromatic nitrogens is 6. The maximum Gasteiger partial charge on any atom is 0.246 e. The highest BCUT2D eigenvalue weighted by atomic mass is 16.2. The summed E-state index contributed by atoms with van der Waals surface area (Å²) in [6.07, 6.45) is 3.18. The van der Waals surface area contributed by atoms with Gasteiger partial charge >= 0.3 is 0 Å².